The molecule has 1 atom stereocenters. The zero-order chi connectivity index (χ0) is 25.6. The molecule has 1 saturated heterocycles. The average molecular weight is 501 g/mol. The van der Waals surface area contributed by atoms with Crippen LogP contribution in [0.5, 0.6) is 0 Å². The Hall–Kier alpha value is -4.29. The van der Waals surface area contributed by atoms with Crippen LogP contribution in [0.15, 0.2) is 48.9 Å². The Bertz CT molecular complexity index is 1430. The molecule has 5 rings (SSSR count). The fourth-order valence-electron chi connectivity index (χ4n) is 4.17. The number of carbonyl (C=O) groups is 2. The van der Waals surface area contributed by atoms with Gasteiger partial charge >= 0.3 is 6.18 Å². The molecule has 3 aromatic heterocycles. The molecule has 0 bridgehead atoms. The van der Waals surface area contributed by atoms with Crippen LogP contribution in [0.2, 0.25) is 0 Å². The van der Waals surface area contributed by atoms with E-state index in [0.29, 0.717) is 0 Å². The summed E-state index contributed by atoms with van der Waals surface area (Å²) in [5.74, 6) is -1.23. The smallest absolute Gasteiger partial charge is 0.341 e. The quantitative estimate of drug-likeness (QED) is 0.435. The van der Waals surface area contributed by atoms with Gasteiger partial charge in [0.1, 0.15) is 17.1 Å². The Kier molecular flexibility index (Phi) is 5.69. The molecule has 0 saturated carbocycles. The minimum absolute atomic E-state index is 0.0510. The zero-order valence-electron chi connectivity index (χ0n) is 18.8. The molecule has 186 valence electrons. The van der Waals surface area contributed by atoms with Gasteiger partial charge in [0.05, 0.1) is 11.9 Å². The highest BCUT2D eigenvalue weighted by atomic mass is 19.4. The molecule has 4 aromatic rings. The summed E-state index contributed by atoms with van der Waals surface area (Å²) in [6.45, 7) is 2.33. The third-order valence-electron chi connectivity index (χ3n) is 5.97. The lowest BCUT2D eigenvalue weighted by Gasteiger charge is -2.39. The van der Waals surface area contributed by atoms with Gasteiger partial charge in [-0.1, -0.05) is 0 Å². The molecule has 1 unspecified atom stereocenters. The van der Waals surface area contributed by atoms with E-state index < -0.39 is 29.1 Å². The summed E-state index contributed by atoms with van der Waals surface area (Å²) in [7, 11) is 0. The van der Waals surface area contributed by atoms with Crippen LogP contribution in [0.4, 0.5) is 17.6 Å². The minimum atomic E-state index is -4.77. The number of carbonyl (C=O) groups excluding carboxylic acids is 2. The Morgan fingerprint density at radius 3 is 2.50 bits per heavy atom. The van der Waals surface area contributed by atoms with E-state index in [1.54, 1.807) is 11.8 Å². The fraction of sp³-hybridized carbons (Fsp3) is 0.261. The number of halogens is 4. The Morgan fingerprint density at radius 1 is 1.11 bits per heavy atom. The predicted octanol–water partition coefficient (Wildman–Crippen LogP) is 3.26. The molecular weight excluding hydrogens is 482 g/mol. The molecule has 1 fully saturated rings. The lowest BCUT2D eigenvalue weighted by atomic mass is 10.1. The molecule has 1 N–H and O–H groups in total. The molecule has 0 aliphatic carbocycles. The number of hydrogen-bond donors (Lipinski definition) is 1. The fourth-order valence-corrected chi connectivity index (χ4v) is 4.17. The summed E-state index contributed by atoms with van der Waals surface area (Å²) in [5.41, 5.74) is -1.57. The molecule has 0 radical (unpaired) electrons. The molecular formula is C23H19F4N7O2. The van der Waals surface area contributed by atoms with Gasteiger partial charge in [0.15, 0.2) is 11.5 Å². The number of alkyl halides is 3. The maximum absolute atomic E-state index is 13.8. The third-order valence-corrected chi connectivity index (χ3v) is 5.97. The van der Waals surface area contributed by atoms with Crippen molar-refractivity contribution < 1.29 is 27.2 Å². The van der Waals surface area contributed by atoms with Crippen molar-refractivity contribution in [2.24, 2.45) is 0 Å². The van der Waals surface area contributed by atoms with Crippen molar-refractivity contribution in [1.82, 2.24) is 34.4 Å². The van der Waals surface area contributed by atoms with Crippen LogP contribution in [0.1, 0.15) is 33.6 Å². The van der Waals surface area contributed by atoms with Gasteiger partial charge in [0.2, 0.25) is 0 Å². The first-order valence-corrected chi connectivity index (χ1v) is 10.9. The van der Waals surface area contributed by atoms with E-state index in [1.165, 1.54) is 29.4 Å². The number of hydrogen-bond acceptors (Lipinski definition) is 5. The van der Waals surface area contributed by atoms with Crippen LogP contribution >= 0.6 is 0 Å². The van der Waals surface area contributed by atoms with Crippen LogP contribution in [0, 0.1) is 5.82 Å². The Labute approximate surface area is 201 Å². The molecule has 2 amide bonds. The number of H-pyrrole nitrogens is 1. The molecule has 1 aromatic carbocycles. The van der Waals surface area contributed by atoms with E-state index in [0.717, 1.165) is 28.9 Å². The second kappa shape index (κ2) is 8.73. The highest BCUT2D eigenvalue weighted by Crippen LogP contribution is 2.34. The molecule has 0 spiro atoms. The van der Waals surface area contributed by atoms with Gasteiger partial charge < -0.3 is 14.8 Å². The summed E-state index contributed by atoms with van der Waals surface area (Å²) >= 11 is 0. The van der Waals surface area contributed by atoms with Crippen molar-refractivity contribution in [3.05, 3.63) is 71.8 Å². The van der Waals surface area contributed by atoms with Crippen molar-refractivity contribution in [3.8, 4) is 11.3 Å². The third kappa shape index (κ3) is 4.27. The van der Waals surface area contributed by atoms with E-state index in [4.69, 9.17) is 0 Å². The van der Waals surface area contributed by atoms with Gasteiger partial charge in [-0.15, -0.1) is 0 Å². The summed E-state index contributed by atoms with van der Waals surface area (Å²) in [4.78, 5) is 39.4. The second-order valence-corrected chi connectivity index (χ2v) is 8.38. The normalized spacial score (nSPS) is 16.5. The number of amides is 2. The number of fused-ring (bicyclic) bond motifs is 1. The first-order chi connectivity index (χ1) is 17.1. The van der Waals surface area contributed by atoms with E-state index in [1.807, 2.05) is 0 Å². The van der Waals surface area contributed by atoms with Crippen molar-refractivity contribution in [1.29, 1.82) is 0 Å². The predicted molar refractivity (Wildman–Crippen MR) is 118 cm³/mol. The number of piperazine rings is 1. The molecule has 9 nitrogen and oxygen atoms in total. The van der Waals surface area contributed by atoms with Gasteiger partial charge in [-0.2, -0.15) is 18.3 Å². The number of imidazole rings is 2. The lowest BCUT2D eigenvalue weighted by Crippen LogP contribution is -2.55. The number of nitrogens with zero attached hydrogens (tertiary/aromatic N) is 6. The monoisotopic (exact) mass is 501 g/mol. The minimum Gasteiger partial charge on any atom is -0.341 e. The zero-order valence-corrected chi connectivity index (χ0v) is 18.8. The van der Waals surface area contributed by atoms with Crippen LogP contribution in [0.3, 0.4) is 0 Å². The van der Waals surface area contributed by atoms with Gasteiger partial charge in [0, 0.05) is 43.6 Å². The van der Waals surface area contributed by atoms with Crippen LogP contribution < -0.4 is 0 Å². The van der Waals surface area contributed by atoms with Crippen molar-refractivity contribution in [3.63, 3.8) is 0 Å². The highest BCUT2D eigenvalue weighted by molar-refractivity contribution is 5.94. The molecule has 1 aliphatic rings. The maximum atomic E-state index is 13.8. The lowest BCUT2D eigenvalue weighted by molar-refractivity contribution is -0.136. The first kappa shape index (κ1) is 23.5. The summed E-state index contributed by atoms with van der Waals surface area (Å²) in [6.07, 6.45) is -0.625. The first-order valence-electron chi connectivity index (χ1n) is 10.9. The Morgan fingerprint density at radius 2 is 1.86 bits per heavy atom. The summed E-state index contributed by atoms with van der Waals surface area (Å²) < 4.78 is 55.7. The number of nitrogens with one attached hydrogen (secondary N) is 1. The number of aromatic nitrogens is 5. The van der Waals surface area contributed by atoms with E-state index in [-0.39, 0.29) is 54.4 Å². The molecule has 4 heterocycles. The van der Waals surface area contributed by atoms with Crippen molar-refractivity contribution in [2.45, 2.75) is 19.1 Å². The van der Waals surface area contributed by atoms with Crippen molar-refractivity contribution >= 4 is 17.5 Å². The number of rotatable bonds is 3. The average Bonchev–Trinajstić information content (AvgIpc) is 3.52. The maximum Gasteiger partial charge on any atom is 0.420 e. The van der Waals surface area contributed by atoms with Crippen LogP contribution in [0.25, 0.3) is 16.9 Å². The standard InChI is InChI=1S/C23H19F4N7O2/c1-13-11-32(8-9-33(13)22(36)19-28-6-7-29-19)21(35)18-12-34-20(30-18)16(23(25,26)27)10-17(31-34)14-2-4-15(24)5-3-14/h2-7,10,12-13H,8-9,11H2,1H3,(H,28,29). The molecule has 13 heteroatoms. The highest BCUT2D eigenvalue weighted by Gasteiger charge is 2.37. The van der Waals surface area contributed by atoms with Crippen molar-refractivity contribution in [2.75, 3.05) is 19.6 Å². The summed E-state index contributed by atoms with van der Waals surface area (Å²) in [6, 6.07) is 5.34. The van der Waals surface area contributed by atoms with E-state index in [2.05, 4.69) is 20.1 Å². The number of benzene rings is 1. The second-order valence-electron chi connectivity index (χ2n) is 8.38. The molecule has 36 heavy (non-hydrogen) atoms. The van der Waals surface area contributed by atoms with E-state index in [9.17, 15) is 27.2 Å². The Balaban J connectivity index is 1.43. The van der Waals surface area contributed by atoms with E-state index >= 15 is 0 Å². The van der Waals surface area contributed by atoms with Gasteiger partial charge in [-0.05, 0) is 37.3 Å². The largest absolute Gasteiger partial charge is 0.420 e. The number of aromatic amines is 1. The van der Waals surface area contributed by atoms with Gasteiger partial charge in [-0.3, -0.25) is 9.59 Å². The van der Waals surface area contributed by atoms with Gasteiger partial charge in [-0.25, -0.2) is 18.9 Å². The molecule has 1 aliphatic heterocycles. The van der Waals surface area contributed by atoms with Gasteiger partial charge in [0.25, 0.3) is 11.8 Å². The van der Waals surface area contributed by atoms with Crippen LogP contribution in [-0.2, 0) is 6.18 Å². The SMILES string of the molecule is CC1CN(C(=O)c2cn3nc(-c4ccc(F)cc4)cc(C(F)(F)F)c3n2)CCN1C(=O)c1ncc[nH]1. The summed E-state index contributed by atoms with van der Waals surface area (Å²) in [5, 5.41) is 4.17. The van der Waals surface area contributed by atoms with Crippen LogP contribution in [-0.4, -0.2) is 71.9 Å². The topological polar surface area (TPSA) is 99.5 Å².